The van der Waals surface area contributed by atoms with Crippen LogP contribution in [0.3, 0.4) is 0 Å². The van der Waals surface area contributed by atoms with Crippen molar-refractivity contribution < 1.29 is 17.9 Å². The van der Waals surface area contributed by atoms with Gasteiger partial charge in [-0.25, -0.2) is 18.0 Å². The fraction of sp³-hybridized carbons (Fsp3) is 0.618. The Labute approximate surface area is 261 Å². The van der Waals surface area contributed by atoms with E-state index >= 15 is 13.2 Å². The highest BCUT2D eigenvalue weighted by molar-refractivity contribution is 5.87. The molecule has 3 aromatic rings. The lowest BCUT2D eigenvalue weighted by molar-refractivity contribution is -0.0907. The average molecular weight is 628 g/mol. The Morgan fingerprint density at radius 2 is 1.69 bits per heavy atom. The molecule has 11 heteroatoms. The standard InChI is InChI=1S/C34H44F3N5O3/c1-21-8-5-4-6-15-42-31-27(20-26(32(43)40(31)3)23-13-18-45-19-14-23)30(39-33(42)44)38-22(2)25-9-7-10-28(29(25)35)34(36,37)24-11-16-41(21)17-12-24/h7,9-10,20-24H,4-6,8,11-19H2,1-3H3,(H,38,39,44)/t21?,22-/m1/s1. The third-order valence-corrected chi connectivity index (χ3v) is 10.4. The van der Waals surface area contributed by atoms with E-state index in [0.29, 0.717) is 75.1 Å². The van der Waals surface area contributed by atoms with E-state index in [0.717, 1.165) is 25.7 Å². The van der Waals surface area contributed by atoms with E-state index in [-0.39, 0.29) is 28.9 Å². The SMILES string of the molecule is CC1CCCCCn2c(=O)nc(c3cc(C4CCOCC4)c(=O)n(C)c32)N[C@H](C)c2cccc(c2F)C(F)(F)C2CCN1CC2. The molecular formula is C34H44F3N5O3. The van der Waals surface area contributed by atoms with Gasteiger partial charge in [0.2, 0.25) is 0 Å². The first-order valence-corrected chi connectivity index (χ1v) is 16.5. The summed E-state index contributed by atoms with van der Waals surface area (Å²) in [5.74, 6) is -5.01. The highest BCUT2D eigenvalue weighted by Crippen LogP contribution is 2.44. The van der Waals surface area contributed by atoms with Crippen LogP contribution in [0.15, 0.2) is 33.9 Å². The quantitative estimate of drug-likeness (QED) is 0.353. The summed E-state index contributed by atoms with van der Waals surface area (Å²) in [5.41, 5.74) is -0.137. The highest BCUT2D eigenvalue weighted by atomic mass is 19.3. The predicted molar refractivity (Wildman–Crippen MR) is 169 cm³/mol. The number of ether oxygens (including phenoxy) is 1. The van der Waals surface area contributed by atoms with Gasteiger partial charge in [0, 0.05) is 49.9 Å². The van der Waals surface area contributed by atoms with Crippen molar-refractivity contribution in [3.8, 4) is 0 Å². The van der Waals surface area contributed by atoms with E-state index in [1.165, 1.54) is 22.8 Å². The van der Waals surface area contributed by atoms with Gasteiger partial charge in [0.1, 0.15) is 17.3 Å². The van der Waals surface area contributed by atoms with E-state index in [1.54, 1.807) is 18.5 Å². The number of rotatable bonds is 1. The van der Waals surface area contributed by atoms with Gasteiger partial charge in [-0.15, -0.1) is 0 Å². The van der Waals surface area contributed by atoms with Crippen molar-refractivity contribution in [2.45, 2.75) is 95.7 Å². The first kappa shape index (κ1) is 31.8. The molecule has 2 fully saturated rings. The van der Waals surface area contributed by atoms with Gasteiger partial charge in [0.15, 0.2) is 0 Å². The molecule has 6 aliphatic heterocycles. The minimum absolute atomic E-state index is 0.00419. The van der Waals surface area contributed by atoms with Crippen LogP contribution in [0.4, 0.5) is 19.0 Å². The summed E-state index contributed by atoms with van der Waals surface area (Å²) in [6.45, 7) is 6.45. The number of nitrogens with one attached hydrogen (secondary N) is 1. The first-order valence-electron chi connectivity index (χ1n) is 16.5. The summed E-state index contributed by atoms with van der Waals surface area (Å²) < 4.78 is 56.6. The maximum absolute atomic E-state index is 16.1. The van der Waals surface area contributed by atoms with Gasteiger partial charge in [0.05, 0.1) is 17.0 Å². The topological polar surface area (TPSA) is 81.4 Å². The highest BCUT2D eigenvalue weighted by Gasteiger charge is 2.45. The van der Waals surface area contributed by atoms with Gasteiger partial charge in [-0.2, -0.15) is 4.98 Å². The van der Waals surface area contributed by atoms with Gasteiger partial charge in [-0.05, 0) is 77.4 Å². The lowest BCUT2D eigenvalue weighted by Crippen LogP contribution is -2.43. The van der Waals surface area contributed by atoms with Crippen molar-refractivity contribution in [2.24, 2.45) is 13.0 Å². The third kappa shape index (κ3) is 6.05. The fourth-order valence-corrected chi connectivity index (χ4v) is 7.59. The largest absolute Gasteiger partial charge is 0.381 e. The second kappa shape index (κ2) is 12.9. The van der Waals surface area contributed by atoms with Gasteiger partial charge in [-0.3, -0.25) is 13.9 Å². The number of nitrogens with zero attached hydrogens (tertiary/aromatic N) is 4. The fourth-order valence-electron chi connectivity index (χ4n) is 7.59. The summed E-state index contributed by atoms with van der Waals surface area (Å²) in [6.07, 6.45) is 5.49. The van der Waals surface area contributed by atoms with Gasteiger partial charge in [-0.1, -0.05) is 31.0 Å². The lowest BCUT2D eigenvalue weighted by atomic mass is 9.84. The minimum atomic E-state index is -3.32. The predicted octanol–water partition coefficient (Wildman–Crippen LogP) is 6.07. The molecule has 2 atom stereocenters. The van der Waals surface area contributed by atoms with Crippen LogP contribution in [0.25, 0.3) is 11.0 Å². The van der Waals surface area contributed by atoms with Crippen molar-refractivity contribution in [1.82, 2.24) is 19.0 Å². The summed E-state index contributed by atoms with van der Waals surface area (Å²) in [7, 11) is 1.67. The first-order chi connectivity index (χ1) is 21.6. The van der Waals surface area contributed by atoms with Crippen molar-refractivity contribution in [3.63, 3.8) is 0 Å². The number of alkyl halides is 2. The maximum atomic E-state index is 16.1. The zero-order valence-electron chi connectivity index (χ0n) is 26.5. The summed E-state index contributed by atoms with van der Waals surface area (Å²) in [4.78, 5) is 33.9. The Morgan fingerprint density at radius 1 is 0.956 bits per heavy atom. The maximum Gasteiger partial charge on any atom is 0.351 e. The number of pyridine rings is 1. The number of halogens is 3. The van der Waals surface area contributed by atoms with Gasteiger partial charge in [0.25, 0.3) is 11.5 Å². The molecule has 6 aliphatic rings. The molecule has 2 aromatic heterocycles. The van der Waals surface area contributed by atoms with Crippen molar-refractivity contribution >= 4 is 16.9 Å². The third-order valence-electron chi connectivity index (χ3n) is 10.4. The van der Waals surface area contributed by atoms with Crippen molar-refractivity contribution in [3.05, 3.63) is 67.6 Å². The zero-order valence-corrected chi connectivity index (χ0v) is 26.5. The molecule has 0 aliphatic carbocycles. The summed E-state index contributed by atoms with van der Waals surface area (Å²) in [5, 5.41) is 3.75. The van der Waals surface area contributed by atoms with E-state index < -0.39 is 35.0 Å². The normalized spacial score (nSPS) is 26.5. The van der Waals surface area contributed by atoms with E-state index in [9.17, 15) is 9.59 Å². The molecule has 0 spiro atoms. The molecule has 8 heterocycles. The smallest absolute Gasteiger partial charge is 0.351 e. The number of anilines is 1. The summed E-state index contributed by atoms with van der Waals surface area (Å²) >= 11 is 0. The second-order valence-corrected chi connectivity index (χ2v) is 13.2. The molecule has 1 unspecified atom stereocenters. The molecule has 2 saturated heterocycles. The Kier molecular flexibility index (Phi) is 9.12. The number of benzene rings is 1. The lowest BCUT2D eigenvalue weighted by Gasteiger charge is -2.39. The molecule has 0 amide bonds. The zero-order chi connectivity index (χ0) is 31.9. The molecule has 0 radical (unpaired) electrons. The molecule has 244 valence electrons. The molecule has 8 nitrogen and oxygen atoms in total. The number of aromatic nitrogens is 3. The number of hydrogen-bond acceptors (Lipinski definition) is 6. The summed E-state index contributed by atoms with van der Waals surface area (Å²) in [6, 6.07) is 5.42. The number of piperidine rings is 1. The molecule has 9 rings (SSSR count). The average Bonchev–Trinajstić information content (AvgIpc) is 3.03. The van der Waals surface area contributed by atoms with Crippen LogP contribution in [0.2, 0.25) is 0 Å². The van der Waals surface area contributed by atoms with Gasteiger partial charge >= 0.3 is 5.69 Å². The molecule has 1 aromatic carbocycles. The minimum Gasteiger partial charge on any atom is -0.381 e. The van der Waals surface area contributed by atoms with Gasteiger partial charge < -0.3 is 15.0 Å². The molecule has 0 saturated carbocycles. The Balaban J connectivity index is 1.47. The van der Waals surface area contributed by atoms with Crippen LogP contribution in [0, 0.1) is 11.7 Å². The number of hydrogen-bond donors (Lipinski definition) is 1. The van der Waals surface area contributed by atoms with Crippen LogP contribution < -0.4 is 16.6 Å². The molecule has 6 bridgehead atoms. The van der Waals surface area contributed by atoms with Crippen LogP contribution in [0.5, 0.6) is 0 Å². The van der Waals surface area contributed by atoms with Crippen LogP contribution in [0.1, 0.15) is 93.9 Å². The second-order valence-electron chi connectivity index (χ2n) is 13.2. The van der Waals surface area contributed by atoms with Crippen LogP contribution in [-0.4, -0.2) is 51.4 Å². The Bertz CT molecular complexity index is 1660. The Morgan fingerprint density at radius 3 is 2.42 bits per heavy atom. The van der Waals surface area contributed by atoms with Crippen LogP contribution in [-0.2, 0) is 24.3 Å². The van der Waals surface area contributed by atoms with E-state index in [4.69, 9.17) is 4.74 Å². The molecule has 1 N–H and O–H groups in total. The van der Waals surface area contributed by atoms with E-state index in [2.05, 4.69) is 22.1 Å². The monoisotopic (exact) mass is 627 g/mol. The molecule has 45 heavy (non-hydrogen) atoms. The number of aryl methyl sites for hydroxylation is 2. The molecular weight excluding hydrogens is 583 g/mol. The van der Waals surface area contributed by atoms with Crippen molar-refractivity contribution in [1.29, 1.82) is 0 Å². The van der Waals surface area contributed by atoms with Crippen LogP contribution >= 0.6 is 0 Å². The van der Waals surface area contributed by atoms with E-state index in [1.807, 2.05) is 6.07 Å². The van der Waals surface area contributed by atoms with Crippen molar-refractivity contribution in [2.75, 3.05) is 31.6 Å². The Hall–Kier alpha value is -3.18.